The number of ether oxygens (including phenoxy) is 1. The summed E-state index contributed by atoms with van der Waals surface area (Å²) in [5.74, 6) is -4.02. The SMILES string of the molecule is CSN(COC(=O)C(C)(C)CO)c1nn(CC(F)(F)F)c2c(-c3ccc(C#CC(C)(C)S(C)=O)nc3C(Cc3cc(F)cc(F)c3)NC(=O)Cn3nc(C(F)(F)F)c4c3C(F)(F)C[C@@H]4C)ccc(Cl)c12. The molecule has 2 unspecified atom stereocenters. The molecular formula is C45H44ClF10N7O5S2. The van der Waals surface area contributed by atoms with E-state index in [0.717, 1.165) is 31.0 Å². The lowest BCUT2D eigenvalue weighted by Crippen LogP contribution is -2.35. The summed E-state index contributed by atoms with van der Waals surface area (Å²) in [7, 11) is -1.53. The third kappa shape index (κ3) is 11.7. The molecule has 3 heterocycles. The number of carbonyl (C=O) groups excluding carboxylic acids is 2. The molecule has 0 bridgehead atoms. The van der Waals surface area contributed by atoms with Crippen LogP contribution in [-0.4, -0.2) is 82.5 Å². The van der Waals surface area contributed by atoms with Crippen molar-refractivity contribution in [3.63, 3.8) is 0 Å². The number of pyridine rings is 1. The van der Waals surface area contributed by atoms with Crippen molar-refractivity contribution in [3.05, 3.63) is 93.0 Å². The monoisotopic (exact) mass is 1050 g/mol. The van der Waals surface area contributed by atoms with Crippen LogP contribution >= 0.6 is 23.5 Å². The van der Waals surface area contributed by atoms with Crippen molar-refractivity contribution in [3.8, 4) is 23.0 Å². The second-order valence-electron chi connectivity index (χ2n) is 17.6. The number of rotatable bonds is 15. The van der Waals surface area contributed by atoms with Gasteiger partial charge in [0.25, 0.3) is 5.92 Å². The van der Waals surface area contributed by atoms with Crippen molar-refractivity contribution in [2.75, 3.05) is 30.2 Å². The van der Waals surface area contributed by atoms with Gasteiger partial charge in [-0.3, -0.25) is 27.5 Å². The summed E-state index contributed by atoms with van der Waals surface area (Å²) in [6, 6.07) is 5.95. The number of esters is 1. The van der Waals surface area contributed by atoms with Crippen LogP contribution in [0.4, 0.5) is 49.7 Å². The van der Waals surface area contributed by atoms with Crippen LogP contribution in [0.25, 0.3) is 22.0 Å². The van der Waals surface area contributed by atoms with E-state index in [1.807, 2.05) is 0 Å². The fraction of sp³-hybridized carbons (Fsp3) is 0.444. The molecule has 1 aliphatic rings. The lowest BCUT2D eigenvalue weighted by molar-refractivity contribution is -0.155. The first-order valence-corrected chi connectivity index (χ1v) is 24.0. The Morgan fingerprint density at radius 2 is 1.67 bits per heavy atom. The minimum absolute atomic E-state index is 0.0888. The summed E-state index contributed by atoms with van der Waals surface area (Å²) in [5.41, 5.74) is -5.91. The molecule has 3 aromatic heterocycles. The standard InChI is InChI=1S/C45H44ClF10N7O5S2/c1-23-18-43(49,50)38-33(23)37(45(54,55)56)59-61(38)19-32(65)58-31(16-24-14-25(47)17-26(48)15-24)35-28(9-8-27(57-35)12-13-42(4,5)70(7)67)29-10-11-30(46)34-36(29)62(20-44(51,52)53)60-39(34)63(69-6)22-68-40(66)41(2,3)21-64/h8-11,14-15,17,23,31,64H,16,18-22H2,1-7H3,(H,58,65)/t23-,31?,70?/m0/s1. The van der Waals surface area contributed by atoms with Crippen LogP contribution in [0.2, 0.25) is 5.02 Å². The van der Waals surface area contributed by atoms with Crippen LogP contribution in [0.3, 0.4) is 0 Å². The Labute approximate surface area is 406 Å². The van der Waals surface area contributed by atoms with E-state index >= 15 is 8.78 Å². The Morgan fingerprint density at radius 1 is 1.03 bits per heavy atom. The van der Waals surface area contributed by atoms with Crippen LogP contribution in [-0.2, 0) is 56.7 Å². The third-order valence-electron chi connectivity index (χ3n) is 11.3. The molecule has 70 heavy (non-hydrogen) atoms. The van der Waals surface area contributed by atoms with Gasteiger partial charge >= 0.3 is 18.3 Å². The van der Waals surface area contributed by atoms with Crippen molar-refractivity contribution in [1.82, 2.24) is 29.9 Å². The number of carbonyl (C=O) groups is 2. The molecular weight excluding hydrogens is 1010 g/mol. The summed E-state index contributed by atoms with van der Waals surface area (Å²) in [4.78, 5) is 31.7. The van der Waals surface area contributed by atoms with Gasteiger partial charge in [-0.2, -0.15) is 45.3 Å². The van der Waals surface area contributed by atoms with Gasteiger partial charge in [0.1, 0.15) is 40.9 Å². The Balaban J connectivity index is 1.60. The zero-order valence-electron chi connectivity index (χ0n) is 38.2. The van der Waals surface area contributed by atoms with E-state index in [4.69, 9.17) is 16.3 Å². The highest BCUT2D eigenvalue weighted by molar-refractivity contribution is 8.00. The minimum atomic E-state index is -5.19. The Kier molecular flexibility index (Phi) is 15.4. The fourth-order valence-corrected chi connectivity index (χ4v) is 8.52. The predicted octanol–water partition coefficient (Wildman–Crippen LogP) is 9.62. The van der Waals surface area contributed by atoms with Crippen molar-refractivity contribution in [2.45, 2.75) is 95.5 Å². The average Bonchev–Trinajstić information content (AvgIpc) is 3.89. The maximum Gasteiger partial charge on any atom is 0.435 e. The number of benzene rings is 2. The lowest BCUT2D eigenvalue weighted by Gasteiger charge is -2.24. The largest absolute Gasteiger partial charge is 0.443 e. The van der Waals surface area contributed by atoms with Crippen LogP contribution in [0.15, 0.2) is 42.5 Å². The molecule has 3 atom stereocenters. The molecule has 0 saturated heterocycles. The number of amides is 1. The van der Waals surface area contributed by atoms with Gasteiger partial charge in [-0.15, -0.1) is 0 Å². The van der Waals surface area contributed by atoms with E-state index < -0.39 is 131 Å². The number of nitrogens with one attached hydrogen (secondary N) is 1. The van der Waals surface area contributed by atoms with Gasteiger partial charge in [0.05, 0.1) is 39.7 Å². The van der Waals surface area contributed by atoms with Crippen LogP contribution < -0.4 is 9.62 Å². The molecule has 5 aromatic rings. The van der Waals surface area contributed by atoms with Crippen LogP contribution in [0, 0.1) is 28.9 Å². The van der Waals surface area contributed by atoms with Gasteiger partial charge in [0, 0.05) is 52.5 Å². The smallest absolute Gasteiger partial charge is 0.435 e. The van der Waals surface area contributed by atoms with Gasteiger partial charge in [0.2, 0.25) is 5.91 Å². The molecule has 25 heteroatoms. The number of hydrogen-bond donors (Lipinski definition) is 2. The van der Waals surface area contributed by atoms with E-state index in [9.17, 15) is 54.0 Å². The molecule has 1 amide bonds. The van der Waals surface area contributed by atoms with Gasteiger partial charge in [-0.05, 0) is 93.8 Å². The van der Waals surface area contributed by atoms with E-state index in [0.29, 0.717) is 10.7 Å². The highest BCUT2D eigenvalue weighted by atomic mass is 35.5. The first-order chi connectivity index (χ1) is 32.4. The minimum Gasteiger partial charge on any atom is -0.443 e. The second-order valence-corrected chi connectivity index (χ2v) is 20.7. The average molecular weight is 1050 g/mol. The third-order valence-corrected chi connectivity index (χ3v) is 13.8. The number of aromatic nitrogens is 5. The molecule has 0 aliphatic heterocycles. The molecule has 378 valence electrons. The number of halogens is 11. The lowest BCUT2D eigenvalue weighted by atomic mass is 9.93. The maximum atomic E-state index is 15.4. The quantitative estimate of drug-likeness (QED) is 0.0342. The number of hydrogen-bond acceptors (Lipinski definition) is 10. The summed E-state index contributed by atoms with van der Waals surface area (Å²) in [6.45, 7) is 2.90. The number of aliphatic hydroxyl groups is 1. The fourth-order valence-electron chi connectivity index (χ4n) is 7.63. The Morgan fingerprint density at radius 3 is 2.26 bits per heavy atom. The van der Waals surface area contributed by atoms with Crippen molar-refractivity contribution >= 4 is 62.9 Å². The zero-order valence-corrected chi connectivity index (χ0v) is 40.6. The van der Waals surface area contributed by atoms with E-state index in [-0.39, 0.29) is 54.5 Å². The summed E-state index contributed by atoms with van der Waals surface area (Å²) < 4.78 is 165. The van der Waals surface area contributed by atoms with Gasteiger partial charge in [-0.1, -0.05) is 30.5 Å². The Hall–Kier alpha value is -5.38. The van der Waals surface area contributed by atoms with E-state index in [2.05, 4.69) is 32.3 Å². The van der Waals surface area contributed by atoms with Crippen molar-refractivity contribution < 1.29 is 67.5 Å². The maximum absolute atomic E-state index is 15.4. The summed E-state index contributed by atoms with van der Waals surface area (Å²) in [5, 5.41) is 19.6. The first kappa shape index (κ1) is 54.0. The van der Waals surface area contributed by atoms with Crippen LogP contribution in [0.1, 0.15) is 86.9 Å². The Bertz CT molecular complexity index is 2910. The number of anilines is 1. The van der Waals surface area contributed by atoms with Crippen molar-refractivity contribution in [2.24, 2.45) is 5.41 Å². The molecule has 2 aromatic carbocycles. The molecule has 0 spiro atoms. The molecule has 0 fully saturated rings. The summed E-state index contributed by atoms with van der Waals surface area (Å²) in [6.07, 6.45) is -8.83. The highest BCUT2D eigenvalue weighted by Gasteiger charge is 2.53. The number of aliphatic hydroxyl groups excluding tert-OH is 1. The van der Waals surface area contributed by atoms with Crippen LogP contribution in [0.5, 0.6) is 0 Å². The van der Waals surface area contributed by atoms with Gasteiger partial charge in [-0.25, -0.2) is 13.8 Å². The number of alkyl halides is 8. The number of fused-ring (bicyclic) bond motifs is 2. The predicted molar refractivity (Wildman–Crippen MR) is 242 cm³/mol. The van der Waals surface area contributed by atoms with Gasteiger partial charge < -0.3 is 15.2 Å². The summed E-state index contributed by atoms with van der Waals surface area (Å²) >= 11 is 7.64. The molecule has 2 N–H and O–H groups in total. The van der Waals surface area contributed by atoms with Gasteiger partial charge in [0.15, 0.2) is 18.2 Å². The van der Waals surface area contributed by atoms with E-state index in [1.165, 1.54) is 54.9 Å². The highest BCUT2D eigenvalue weighted by Crippen LogP contribution is 2.52. The molecule has 6 rings (SSSR count). The molecule has 12 nitrogen and oxygen atoms in total. The first-order valence-electron chi connectivity index (χ1n) is 20.9. The second kappa shape index (κ2) is 20.0. The molecule has 0 radical (unpaired) electrons. The topological polar surface area (TPSA) is 144 Å². The normalized spacial score (nSPS) is 15.8. The zero-order chi connectivity index (χ0) is 52.1. The molecule has 0 saturated carbocycles. The van der Waals surface area contributed by atoms with E-state index in [1.54, 1.807) is 13.8 Å². The number of nitrogens with zero attached hydrogens (tertiary/aromatic N) is 6. The molecule has 1 aliphatic carbocycles. The van der Waals surface area contributed by atoms with Crippen molar-refractivity contribution in [1.29, 1.82) is 0 Å².